The third-order valence-corrected chi connectivity index (χ3v) is 4.20. The zero-order valence-corrected chi connectivity index (χ0v) is 12.7. The molecular weight excluding hydrogens is 248 g/mol. The molecule has 1 saturated heterocycles. The first-order chi connectivity index (χ1) is 9.85. The molecule has 0 radical (unpaired) electrons. The molecule has 2 N–H and O–H groups in total. The molecule has 0 aromatic heterocycles. The standard InChI is InChI=1S/C17H28N2O/c1-2-7-16-9-5-6-11-19(16)12-13-20-17-10-4-3-8-15(17)14-18/h3-4,8,10,16H,2,5-7,9,11-14,18H2,1H3. The molecule has 0 saturated carbocycles. The first-order valence-corrected chi connectivity index (χ1v) is 8.00. The lowest BCUT2D eigenvalue weighted by atomic mass is 9.98. The van der Waals surface area contributed by atoms with Gasteiger partial charge in [-0.15, -0.1) is 0 Å². The highest BCUT2D eigenvalue weighted by Gasteiger charge is 2.21. The van der Waals surface area contributed by atoms with Gasteiger partial charge in [-0.25, -0.2) is 0 Å². The number of para-hydroxylation sites is 1. The van der Waals surface area contributed by atoms with Gasteiger partial charge in [0, 0.05) is 24.7 Å². The molecule has 0 amide bonds. The summed E-state index contributed by atoms with van der Waals surface area (Å²) in [5.74, 6) is 0.944. The molecule has 20 heavy (non-hydrogen) atoms. The molecule has 1 aromatic rings. The van der Waals surface area contributed by atoms with E-state index in [4.69, 9.17) is 10.5 Å². The third-order valence-electron chi connectivity index (χ3n) is 4.20. The monoisotopic (exact) mass is 276 g/mol. The van der Waals surface area contributed by atoms with Gasteiger partial charge in [0.2, 0.25) is 0 Å². The fourth-order valence-corrected chi connectivity index (χ4v) is 3.10. The Labute approximate surface area is 123 Å². The minimum absolute atomic E-state index is 0.540. The Balaban J connectivity index is 1.82. The van der Waals surface area contributed by atoms with E-state index in [1.807, 2.05) is 24.3 Å². The Morgan fingerprint density at radius 2 is 2.15 bits per heavy atom. The summed E-state index contributed by atoms with van der Waals surface area (Å²) in [5.41, 5.74) is 6.83. The number of nitrogens with two attached hydrogens (primary N) is 1. The Morgan fingerprint density at radius 3 is 2.95 bits per heavy atom. The van der Waals surface area contributed by atoms with E-state index >= 15 is 0 Å². The molecule has 0 spiro atoms. The predicted molar refractivity (Wildman–Crippen MR) is 83.9 cm³/mol. The second-order valence-corrected chi connectivity index (χ2v) is 5.63. The first kappa shape index (κ1) is 15.3. The Kier molecular flexibility index (Phi) is 6.34. The summed E-state index contributed by atoms with van der Waals surface area (Å²) in [5, 5.41) is 0. The van der Waals surface area contributed by atoms with Gasteiger partial charge >= 0.3 is 0 Å². The first-order valence-electron chi connectivity index (χ1n) is 8.00. The SMILES string of the molecule is CCCC1CCCCN1CCOc1ccccc1CN. The highest BCUT2D eigenvalue weighted by Crippen LogP contribution is 2.21. The van der Waals surface area contributed by atoms with Gasteiger partial charge in [0.1, 0.15) is 12.4 Å². The van der Waals surface area contributed by atoms with E-state index in [0.29, 0.717) is 6.54 Å². The Morgan fingerprint density at radius 1 is 1.30 bits per heavy atom. The highest BCUT2D eigenvalue weighted by atomic mass is 16.5. The molecule has 112 valence electrons. The van der Waals surface area contributed by atoms with Crippen LogP contribution in [0.1, 0.15) is 44.6 Å². The van der Waals surface area contributed by atoms with E-state index in [-0.39, 0.29) is 0 Å². The summed E-state index contributed by atoms with van der Waals surface area (Å²) in [6, 6.07) is 8.84. The minimum Gasteiger partial charge on any atom is -0.492 e. The molecule has 0 bridgehead atoms. The molecule has 1 aromatic carbocycles. The second-order valence-electron chi connectivity index (χ2n) is 5.63. The Hall–Kier alpha value is -1.06. The summed E-state index contributed by atoms with van der Waals surface area (Å²) in [4.78, 5) is 2.61. The molecule has 3 heteroatoms. The number of benzene rings is 1. The molecule has 0 aliphatic carbocycles. The van der Waals surface area contributed by atoms with Gasteiger partial charge in [-0.3, -0.25) is 4.90 Å². The zero-order chi connectivity index (χ0) is 14.2. The lowest BCUT2D eigenvalue weighted by Gasteiger charge is -2.35. The van der Waals surface area contributed by atoms with Crippen LogP contribution in [0, 0.1) is 0 Å². The summed E-state index contributed by atoms with van der Waals surface area (Å²) < 4.78 is 5.94. The van der Waals surface area contributed by atoms with E-state index in [1.54, 1.807) is 0 Å². The van der Waals surface area contributed by atoms with Gasteiger partial charge in [0.05, 0.1) is 0 Å². The van der Waals surface area contributed by atoms with Gasteiger partial charge in [-0.2, -0.15) is 0 Å². The summed E-state index contributed by atoms with van der Waals surface area (Å²) >= 11 is 0. The van der Waals surface area contributed by atoms with Crippen molar-refractivity contribution >= 4 is 0 Å². The highest BCUT2D eigenvalue weighted by molar-refractivity contribution is 5.32. The van der Waals surface area contributed by atoms with E-state index < -0.39 is 0 Å². The van der Waals surface area contributed by atoms with Crippen molar-refractivity contribution in [1.82, 2.24) is 4.90 Å². The number of likely N-dealkylation sites (tertiary alicyclic amines) is 1. The molecule has 2 rings (SSSR count). The summed E-state index contributed by atoms with van der Waals surface area (Å²) in [6.07, 6.45) is 6.67. The topological polar surface area (TPSA) is 38.5 Å². The number of hydrogen-bond acceptors (Lipinski definition) is 3. The smallest absolute Gasteiger partial charge is 0.123 e. The van der Waals surface area contributed by atoms with E-state index in [1.165, 1.54) is 38.6 Å². The molecule has 1 heterocycles. The lowest BCUT2D eigenvalue weighted by Crippen LogP contribution is -2.41. The van der Waals surface area contributed by atoms with Crippen LogP contribution in [0.5, 0.6) is 5.75 Å². The van der Waals surface area contributed by atoms with Crippen LogP contribution < -0.4 is 10.5 Å². The molecule has 1 atom stereocenters. The number of rotatable bonds is 7. The number of nitrogens with zero attached hydrogens (tertiary/aromatic N) is 1. The van der Waals surface area contributed by atoms with E-state index in [0.717, 1.165) is 30.5 Å². The number of hydrogen-bond donors (Lipinski definition) is 1. The van der Waals surface area contributed by atoms with E-state index in [9.17, 15) is 0 Å². The summed E-state index contributed by atoms with van der Waals surface area (Å²) in [7, 11) is 0. The maximum atomic E-state index is 5.94. The van der Waals surface area contributed by atoms with Crippen molar-refractivity contribution in [2.75, 3.05) is 19.7 Å². The van der Waals surface area contributed by atoms with Crippen LogP contribution >= 0.6 is 0 Å². The number of piperidine rings is 1. The van der Waals surface area contributed by atoms with Crippen LogP contribution in [-0.2, 0) is 6.54 Å². The predicted octanol–water partition coefficient (Wildman–Crippen LogP) is 3.18. The van der Waals surface area contributed by atoms with Crippen molar-refractivity contribution in [1.29, 1.82) is 0 Å². The van der Waals surface area contributed by atoms with E-state index in [2.05, 4.69) is 11.8 Å². The normalized spacial score (nSPS) is 20.0. The Bertz CT molecular complexity index is 392. The van der Waals surface area contributed by atoms with Crippen molar-refractivity contribution < 1.29 is 4.74 Å². The average Bonchev–Trinajstić information content (AvgIpc) is 2.50. The second kappa shape index (κ2) is 8.28. The fraction of sp³-hybridized carbons (Fsp3) is 0.647. The minimum atomic E-state index is 0.540. The van der Waals surface area contributed by atoms with Crippen molar-refractivity contribution in [2.24, 2.45) is 5.73 Å². The molecule has 1 aliphatic heterocycles. The van der Waals surface area contributed by atoms with Crippen molar-refractivity contribution in [3.8, 4) is 5.75 Å². The van der Waals surface area contributed by atoms with Crippen molar-refractivity contribution in [3.63, 3.8) is 0 Å². The van der Waals surface area contributed by atoms with Crippen LogP contribution in [-0.4, -0.2) is 30.6 Å². The molecule has 1 aliphatic rings. The maximum Gasteiger partial charge on any atom is 0.123 e. The fourth-order valence-electron chi connectivity index (χ4n) is 3.10. The van der Waals surface area contributed by atoms with Crippen LogP contribution in [0.3, 0.4) is 0 Å². The average molecular weight is 276 g/mol. The lowest BCUT2D eigenvalue weighted by molar-refractivity contribution is 0.116. The van der Waals surface area contributed by atoms with Crippen LogP contribution in [0.2, 0.25) is 0 Å². The molecule has 1 fully saturated rings. The number of ether oxygens (including phenoxy) is 1. The van der Waals surface area contributed by atoms with Gasteiger partial charge in [0.15, 0.2) is 0 Å². The molecule has 3 nitrogen and oxygen atoms in total. The third kappa shape index (κ3) is 4.22. The van der Waals surface area contributed by atoms with Gasteiger partial charge < -0.3 is 10.5 Å². The van der Waals surface area contributed by atoms with Crippen molar-refractivity contribution in [3.05, 3.63) is 29.8 Å². The van der Waals surface area contributed by atoms with Gasteiger partial charge in [0.25, 0.3) is 0 Å². The van der Waals surface area contributed by atoms with Gasteiger partial charge in [-0.1, -0.05) is 38.0 Å². The molecular formula is C17H28N2O. The largest absolute Gasteiger partial charge is 0.492 e. The van der Waals surface area contributed by atoms with Crippen molar-refractivity contribution in [2.45, 2.75) is 51.6 Å². The molecule has 1 unspecified atom stereocenters. The summed E-state index contributed by atoms with van der Waals surface area (Å²) in [6.45, 7) is 5.84. The van der Waals surface area contributed by atoms with Crippen LogP contribution in [0.4, 0.5) is 0 Å². The quantitative estimate of drug-likeness (QED) is 0.831. The van der Waals surface area contributed by atoms with Gasteiger partial charge in [-0.05, 0) is 31.9 Å². The zero-order valence-electron chi connectivity index (χ0n) is 12.7. The van der Waals surface area contributed by atoms with Crippen LogP contribution in [0.15, 0.2) is 24.3 Å². The van der Waals surface area contributed by atoms with Crippen LogP contribution in [0.25, 0.3) is 0 Å². The maximum absolute atomic E-state index is 5.94.